The van der Waals surface area contributed by atoms with Crippen LogP contribution in [0.25, 0.3) is 0 Å². The highest BCUT2D eigenvalue weighted by atomic mass is 79.9. The first kappa shape index (κ1) is 13.3. The Balaban J connectivity index is 3.08. The van der Waals surface area contributed by atoms with E-state index in [1.165, 1.54) is 6.07 Å². The molecule has 0 amide bonds. The van der Waals surface area contributed by atoms with Crippen LogP contribution < -0.4 is 0 Å². The van der Waals surface area contributed by atoms with Crippen molar-refractivity contribution in [3.63, 3.8) is 0 Å². The lowest BCUT2D eigenvalue weighted by atomic mass is 9.96. The first-order valence-electron chi connectivity index (χ1n) is 5.06. The Kier molecular flexibility index (Phi) is 5.06. The first-order chi connectivity index (χ1) is 7.60. The highest BCUT2D eigenvalue weighted by molar-refractivity contribution is 9.09. The number of benzene rings is 1. The van der Waals surface area contributed by atoms with E-state index in [1.807, 2.05) is 6.92 Å². The summed E-state index contributed by atoms with van der Waals surface area (Å²) >= 11 is 3.07. The van der Waals surface area contributed by atoms with Gasteiger partial charge < -0.3 is 0 Å². The van der Waals surface area contributed by atoms with Gasteiger partial charge >= 0.3 is 0 Å². The average Bonchev–Trinajstić information content (AvgIpc) is 2.28. The van der Waals surface area contributed by atoms with E-state index in [-0.39, 0.29) is 23.1 Å². The SMILES string of the molecule is CCc1c(CC(=O)CBr)cccc1C(F)F. The van der Waals surface area contributed by atoms with Crippen molar-refractivity contribution in [1.29, 1.82) is 0 Å². The summed E-state index contributed by atoms with van der Waals surface area (Å²) in [6.07, 6.45) is -1.74. The van der Waals surface area contributed by atoms with Gasteiger partial charge in [0.25, 0.3) is 6.43 Å². The van der Waals surface area contributed by atoms with Crippen molar-refractivity contribution in [2.45, 2.75) is 26.2 Å². The largest absolute Gasteiger partial charge is 0.298 e. The molecule has 1 rings (SSSR count). The molecule has 1 aromatic carbocycles. The summed E-state index contributed by atoms with van der Waals surface area (Å²) in [7, 11) is 0. The van der Waals surface area contributed by atoms with Gasteiger partial charge in [0.1, 0.15) is 5.78 Å². The van der Waals surface area contributed by atoms with Gasteiger partial charge in [-0.3, -0.25) is 4.79 Å². The summed E-state index contributed by atoms with van der Waals surface area (Å²) in [4.78, 5) is 11.3. The molecule has 16 heavy (non-hydrogen) atoms. The fourth-order valence-corrected chi connectivity index (χ4v) is 1.91. The molecule has 0 aliphatic rings. The highest BCUT2D eigenvalue weighted by Crippen LogP contribution is 2.26. The second kappa shape index (κ2) is 6.09. The number of alkyl halides is 3. The molecule has 0 bridgehead atoms. The summed E-state index contributed by atoms with van der Waals surface area (Å²) in [5.41, 5.74) is 1.36. The summed E-state index contributed by atoms with van der Waals surface area (Å²) in [6, 6.07) is 4.74. The third-order valence-corrected chi connectivity index (χ3v) is 3.06. The Morgan fingerprint density at radius 1 is 1.44 bits per heavy atom. The van der Waals surface area contributed by atoms with Crippen molar-refractivity contribution in [3.8, 4) is 0 Å². The molecule has 0 radical (unpaired) electrons. The predicted octanol–water partition coefficient (Wildman–Crippen LogP) is 3.69. The van der Waals surface area contributed by atoms with Gasteiger partial charge in [0, 0.05) is 12.0 Å². The summed E-state index contributed by atoms with van der Waals surface area (Å²) < 4.78 is 25.4. The van der Waals surface area contributed by atoms with Crippen molar-refractivity contribution >= 4 is 21.7 Å². The van der Waals surface area contributed by atoms with Gasteiger partial charge in [-0.05, 0) is 17.5 Å². The van der Waals surface area contributed by atoms with E-state index >= 15 is 0 Å². The van der Waals surface area contributed by atoms with E-state index in [0.29, 0.717) is 17.5 Å². The second-order valence-corrected chi connectivity index (χ2v) is 4.05. The molecule has 0 aromatic heterocycles. The molecular weight excluding hydrogens is 278 g/mol. The van der Waals surface area contributed by atoms with E-state index in [4.69, 9.17) is 0 Å². The van der Waals surface area contributed by atoms with Crippen molar-refractivity contribution in [2.24, 2.45) is 0 Å². The molecule has 0 saturated heterocycles. The van der Waals surface area contributed by atoms with Crippen LogP contribution in [0, 0.1) is 0 Å². The number of hydrogen-bond donors (Lipinski definition) is 0. The van der Waals surface area contributed by atoms with Crippen LogP contribution in [0.4, 0.5) is 8.78 Å². The van der Waals surface area contributed by atoms with Crippen molar-refractivity contribution in [2.75, 3.05) is 5.33 Å². The number of hydrogen-bond acceptors (Lipinski definition) is 1. The maximum absolute atomic E-state index is 12.7. The zero-order valence-electron chi connectivity index (χ0n) is 8.97. The normalized spacial score (nSPS) is 10.8. The van der Waals surface area contributed by atoms with Gasteiger partial charge in [0.2, 0.25) is 0 Å². The zero-order valence-corrected chi connectivity index (χ0v) is 10.6. The fourth-order valence-electron chi connectivity index (χ4n) is 1.72. The zero-order chi connectivity index (χ0) is 12.1. The van der Waals surface area contributed by atoms with Crippen LogP contribution in [0.1, 0.15) is 30.0 Å². The molecule has 0 N–H and O–H groups in total. The summed E-state index contributed by atoms with van der Waals surface area (Å²) in [5, 5.41) is 0.259. The monoisotopic (exact) mass is 290 g/mol. The van der Waals surface area contributed by atoms with Crippen LogP contribution >= 0.6 is 15.9 Å². The quantitative estimate of drug-likeness (QED) is 0.756. The van der Waals surface area contributed by atoms with Gasteiger partial charge in [-0.2, -0.15) is 0 Å². The molecule has 0 heterocycles. The van der Waals surface area contributed by atoms with Crippen LogP contribution in [0.3, 0.4) is 0 Å². The minimum atomic E-state index is -2.48. The first-order valence-corrected chi connectivity index (χ1v) is 6.18. The number of carbonyl (C=O) groups excluding carboxylic acids is 1. The third-order valence-electron chi connectivity index (χ3n) is 2.43. The third kappa shape index (κ3) is 3.11. The second-order valence-electron chi connectivity index (χ2n) is 3.49. The predicted molar refractivity (Wildman–Crippen MR) is 63.3 cm³/mol. The smallest absolute Gasteiger partial charge is 0.264 e. The van der Waals surface area contributed by atoms with E-state index in [9.17, 15) is 13.6 Å². The number of Topliss-reactive ketones (excluding diaryl/α,β-unsaturated/α-hetero) is 1. The molecule has 4 heteroatoms. The molecule has 0 aliphatic carbocycles. The van der Waals surface area contributed by atoms with Gasteiger partial charge in [-0.25, -0.2) is 8.78 Å². The van der Waals surface area contributed by atoms with Crippen LogP contribution in [0.5, 0.6) is 0 Å². The molecule has 0 unspecified atom stereocenters. The summed E-state index contributed by atoms with van der Waals surface area (Å²) in [5.74, 6) is 0.00103. The van der Waals surface area contributed by atoms with Crippen LogP contribution in [-0.4, -0.2) is 11.1 Å². The lowest BCUT2D eigenvalue weighted by Crippen LogP contribution is -2.07. The van der Waals surface area contributed by atoms with Crippen LogP contribution in [0.15, 0.2) is 18.2 Å². The number of rotatable bonds is 5. The van der Waals surface area contributed by atoms with Gasteiger partial charge in [-0.15, -0.1) is 0 Å². The van der Waals surface area contributed by atoms with Gasteiger partial charge in [0.05, 0.1) is 5.33 Å². The van der Waals surface area contributed by atoms with E-state index in [2.05, 4.69) is 15.9 Å². The Morgan fingerprint density at radius 3 is 2.62 bits per heavy atom. The molecule has 1 aromatic rings. The lowest BCUT2D eigenvalue weighted by molar-refractivity contribution is -0.115. The van der Waals surface area contributed by atoms with E-state index < -0.39 is 6.43 Å². The molecule has 0 atom stereocenters. The van der Waals surface area contributed by atoms with Crippen molar-refractivity contribution in [3.05, 3.63) is 34.9 Å². The maximum Gasteiger partial charge on any atom is 0.264 e. The minimum absolute atomic E-state index is 0.00103. The number of carbonyl (C=O) groups is 1. The Morgan fingerprint density at radius 2 is 2.12 bits per heavy atom. The molecule has 1 nitrogen and oxygen atoms in total. The number of ketones is 1. The lowest BCUT2D eigenvalue weighted by Gasteiger charge is -2.12. The van der Waals surface area contributed by atoms with Crippen LogP contribution in [0.2, 0.25) is 0 Å². The molecule has 0 fully saturated rings. The fraction of sp³-hybridized carbons (Fsp3) is 0.417. The van der Waals surface area contributed by atoms with E-state index in [0.717, 1.165) is 0 Å². The molecule has 0 spiro atoms. The van der Waals surface area contributed by atoms with Gasteiger partial charge in [0.15, 0.2) is 0 Å². The topological polar surface area (TPSA) is 17.1 Å². The highest BCUT2D eigenvalue weighted by Gasteiger charge is 2.15. The van der Waals surface area contributed by atoms with Gasteiger partial charge in [-0.1, -0.05) is 41.1 Å². The van der Waals surface area contributed by atoms with Crippen molar-refractivity contribution in [1.82, 2.24) is 0 Å². The maximum atomic E-state index is 12.7. The molecule has 0 saturated carbocycles. The van der Waals surface area contributed by atoms with Crippen LogP contribution in [-0.2, 0) is 17.6 Å². The summed E-state index contributed by atoms with van der Waals surface area (Å²) in [6.45, 7) is 1.82. The minimum Gasteiger partial charge on any atom is -0.298 e. The molecule has 0 aliphatic heterocycles. The molecule has 88 valence electrons. The number of halogens is 3. The Labute approximate surface area is 102 Å². The molecular formula is C12H13BrF2O. The average molecular weight is 291 g/mol. The van der Waals surface area contributed by atoms with E-state index in [1.54, 1.807) is 12.1 Å². The Bertz CT molecular complexity index is 377. The Hall–Kier alpha value is -0.770. The standard InChI is InChI=1S/C12H13BrF2O/c1-2-10-8(6-9(16)7-13)4-3-5-11(10)12(14)15/h3-5,12H,2,6-7H2,1H3. The van der Waals surface area contributed by atoms with Crippen molar-refractivity contribution < 1.29 is 13.6 Å².